The minimum atomic E-state index is -0.117. The summed E-state index contributed by atoms with van der Waals surface area (Å²) in [7, 11) is 0. The summed E-state index contributed by atoms with van der Waals surface area (Å²) in [5, 5.41) is 10.3. The number of nitrogens with zero attached hydrogens (tertiary/aromatic N) is 5. The number of nitrogens with one attached hydrogen (secondary N) is 2. The number of fused-ring (bicyclic) bond motifs is 1. The molecule has 0 bridgehead atoms. The molecule has 30 heavy (non-hydrogen) atoms. The van der Waals surface area contributed by atoms with Crippen LogP contribution in [0.2, 0.25) is 5.02 Å². The van der Waals surface area contributed by atoms with Gasteiger partial charge in [-0.05, 0) is 44.0 Å². The first-order chi connectivity index (χ1) is 14.4. The quantitative estimate of drug-likeness (QED) is 0.644. The first-order valence-electron chi connectivity index (χ1n) is 9.69. The van der Waals surface area contributed by atoms with Gasteiger partial charge in [-0.15, -0.1) is 0 Å². The molecule has 1 fully saturated rings. The molecule has 3 aromatic rings. The molecule has 0 aliphatic carbocycles. The fourth-order valence-corrected chi connectivity index (χ4v) is 3.96. The third-order valence-electron chi connectivity index (χ3n) is 5.20. The van der Waals surface area contributed by atoms with E-state index >= 15 is 0 Å². The number of amides is 2. The highest BCUT2D eigenvalue weighted by molar-refractivity contribution is 6.33. The second-order valence-corrected chi connectivity index (χ2v) is 7.63. The second-order valence-electron chi connectivity index (χ2n) is 7.22. The number of rotatable bonds is 5. The molecule has 1 saturated heterocycles. The zero-order chi connectivity index (χ0) is 21.3. The Hall–Kier alpha value is -3.20. The lowest BCUT2D eigenvalue weighted by Crippen LogP contribution is -2.47. The Labute approximate surface area is 178 Å². The molecule has 1 aliphatic heterocycles. The summed E-state index contributed by atoms with van der Waals surface area (Å²) >= 11 is 6.40. The van der Waals surface area contributed by atoms with Crippen molar-refractivity contribution in [2.75, 3.05) is 29.9 Å². The molecule has 2 aromatic heterocycles. The van der Waals surface area contributed by atoms with Crippen LogP contribution in [0.5, 0.6) is 0 Å². The Morgan fingerprint density at radius 2 is 2.17 bits per heavy atom. The van der Waals surface area contributed by atoms with Gasteiger partial charge in [0.05, 0.1) is 17.3 Å². The molecule has 0 radical (unpaired) electrons. The fraction of sp³-hybridized carbons (Fsp3) is 0.350. The lowest BCUT2D eigenvalue weighted by molar-refractivity contribution is -0.120. The number of hydrogen-bond acceptors (Lipinski definition) is 6. The van der Waals surface area contributed by atoms with Crippen molar-refractivity contribution in [2.24, 2.45) is 0 Å². The van der Waals surface area contributed by atoms with Crippen LogP contribution in [-0.4, -0.2) is 51.0 Å². The van der Waals surface area contributed by atoms with Crippen LogP contribution in [-0.2, 0) is 16.0 Å². The van der Waals surface area contributed by atoms with Crippen molar-refractivity contribution in [2.45, 2.75) is 26.7 Å². The Morgan fingerprint density at radius 1 is 1.33 bits per heavy atom. The van der Waals surface area contributed by atoms with Gasteiger partial charge in [-0.25, -0.2) is 9.50 Å². The van der Waals surface area contributed by atoms with Gasteiger partial charge in [0.2, 0.25) is 11.8 Å². The molecule has 2 amide bonds. The minimum Gasteiger partial charge on any atom is -0.359 e. The summed E-state index contributed by atoms with van der Waals surface area (Å²) in [5.74, 6) is 0.409. The van der Waals surface area contributed by atoms with E-state index in [1.54, 1.807) is 16.6 Å². The van der Waals surface area contributed by atoms with E-state index in [0.717, 1.165) is 22.6 Å². The van der Waals surface area contributed by atoms with Crippen LogP contribution < -0.4 is 15.5 Å². The summed E-state index contributed by atoms with van der Waals surface area (Å²) in [6.07, 6.45) is 2.31. The van der Waals surface area contributed by atoms with E-state index in [-0.39, 0.29) is 18.4 Å². The van der Waals surface area contributed by atoms with Crippen LogP contribution in [0.3, 0.4) is 0 Å². The Balaban J connectivity index is 1.41. The number of hydrogen-bond donors (Lipinski definition) is 2. The number of anilines is 2. The maximum absolute atomic E-state index is 12.5. The predicted octanol–water partition coefficient (Wildman–Crippen LogP) is 1.90. The first kappa shape index (κ1) is 20.1. The molecule has 4 rings (SSSR count). The second kappa shape index (κ2) is 8.27. The van der Waals surface area contributed by atoms with Gasteiger partial charge in [-0.2, -0.15) is 10.1 Å². The van der Waals surface area contributed by atoms with Crippen molar-refractivity contribution in [3.63, 3.8) is 0 Å². The summed E-state index contributed by atoms with van der Waals surface area (Å²) < 4.78 is 1.68. The van der Waals surface area contributed by atoms with Gasteiger partial charge in [0, 0.05) is 36.6 Å². The third-order valence-corrected chi connectivity index (χ3v) is 5.50. The number of carbonyl (C=O) groups excluding carboxylic acids is 2. The molecular formula is C20H22ClN7O2. The molecule has 0 atom stereocenters. The maximum atomic E-state index is 12.5. The fourth-order valence-electron chi connectivity index (χ4n) is 3.66. The molecule has 1 aliphatic rings. The molecule has 0 spiro atoms. The number of benzene rings is 1. The molecule has 1 aromatic carbocycles. The summed E-state index contributed by atoms with van der Waals surface area (Å²) in [4.78, 5) is 34.6. The summed E-state index contributed by atoms with van der Waals surface area (Å²) in [6.45, 7) is 5.41. The van der Waals surface area contributed by atoms with Crippen LogP contribution in [0, 0.1) is 13.8 Å². The van der Waals surface area contributed by atoms with Crippen LogP contribution in [0.25, 0.3) is 5.78 Å². The summed E-state index contributed by atoms with van der Waals surface area (Å²) in [5.41, 5.74) is 4.16. The highest BCUT2D eigenvalue weighted by Crippen LogP contribution is 2.29. The molecule has 10 heteroatoms. The topological polar surface area (TPSA) is 105 Å². The van der Waals surface area contributed by atoms with E-state index in [2.05, 4.69) is 25.7 Å². The van der Waals surface area contributed by atoms with Crippen LogP contribution >= 0.6 is 11.6 Å². The van der Waals surface area contributed by atoms with Gasteiger partial charge in [-0.1, -0.05) is 11.6 Å². The van der Waals surface area contributed by atoms with Crippen molar-refractivity contribution in [3.05, 3.63) is 46.5 Å². The van der Waals surface area contributed by atoms with Gasteiger partial charge >= 0.3 is 0 Å². The lowest BCUT2D eigenvalue weighted by atomic mass is 10.1. The third kappa shape index (κ3) is 4.06. The van der Waals surface area contributed by atoms with E-state index in [1.807, 2.05) is 24.8 Å². The monoisotopic (exact) mass is 427 g/mol. The van der Waals surface area contributed by atoms with Gasteiger partial charge < -0.3 is 15.5 Å². The van der Waals surface area contributed by atoms with Crippen LogP contribution in [0.1, 0.15) is 23.4 Å². The summed E-state index contributed by atoms with van der Waals surface area (Å²) in [6, 6.07) is 5.33. The molecule has 9 nitrogen and oxygen atoms in total. The minimum absolute atomic E-state index is 0.0288. The average molecular weight is 428 g/mol. The van der Waals surface area contributed by atoms with Crippen molar-refractivity contribution >= 4 is 40.6 Å². The smallest absolute Gasteiger partial charge is 0.252 e. The molecular weight excluding hydrogens is 406 g/mol. The normalized spacial score (nSPS) is 14.1. The van der Waals surface area contributed by atoms with Crippen molar-refractivity contribution in [1.82, 2.24) is 24.9 Å². The van der Waals surface area contributed by atoms with Gasteiger partial charge in [0.1, 0.15) is 6.33 Å². The Morgan fingerprint density at radius 3 is 2.93 bits per heavy atom. The van der Waals surface area contributed by atoms with E-state index in [9.17, 15) is 9.59 Å². The highest BCUT2D eigenvalue weighted by atomic mass is 35.5. The number of carbonyl (C=O) groups is 2. The molecule has 0 saturated carbocycles. The largest absolute Gasteiger partial charge is 0.359 e. The first-order valence-corrected chi connectivity index (χ1v) is 10.1. The standard InChI is InChI=1S/C20H22ClN7O2/c1-12-15(13(2)28-20(25-12)23-11-24-28)4-6-18(29)26-14-3-5-17(16(21)9-14)27-8-7-22-19(30)10-27/h3,5,9,11H,4,6-8,10H2,1-2H3,(H,22,30)(H,26,29). The average Bonchev–Trinajstić information content (AvgIpc) is 3.16. The zero-order valence-electron chi connectivity index (χ0n) is 16.8. The Kier molecular flexibility index (Phi) is 5.54. The molecule has 156 valence electrons. The van der Waals surface area contributed by atoms with E-state index in [1.165, 1.54) is 6.33 Å². The maximum Gasteiger partial charge on any atom is 0.252 e. The van der Waals surface area contributed by atoms with Gasteiger partial charge in [0.25, 0.3) is 5.78 Å². The lowest BCUT2D eigenvalue weighted by Gasteiger charge is -2.29. The molecule has 2 N–H and O–H groups in total. The molecule has 3 heterocycles. The van der Waals surface area contributed by atoms with E-state index in [4.69, 9.17) is 11.6 Å². The van der Waals surface area contributed by atoms with E-state index in [0.29, 0.717) is 42.4 Å². The van der Waals surface area contributed by atoms with E-state index < -0.39 is 0 Å². The number of halogens is 1. The highest BCUT2D eigenvalue weighted by Gasteiger charge is 2.19. The van der Waals surface area contributed by atoms with Gasteiger partial charge in [0.15, 0.2) is 0 Å². The molecule has 0 unspecified atom stereocenters. The number of aromatic nitrogens is 4. The van der Waals surface area contributed by atoms with Crippen LogP contribution in [0.4, 0.5) is 11.4 Å². The van der Waals surface area contributed by atoms with Crippen molar-refractivity contribution < 1.29 is 9.59 Å². The van der Waals surface area contributed by atoms with Gasteiger partial charge in [-0.3, -0.25) is 9.59 Å². The predicted molar refractivity (Wildman–Crippen MR) is 114 cm³/mol. The Bertz CT molecular complexity index is 1130. The SMILES string of the molecule is Cc1nc2ncnn2c(C)c1CCC(=O)Nc1ccc(N2CCNC(=O)C2)c(Cl)c1. The number of aryl methyl sites for hydroxylation is 2. The van der Waals surface area contributed by atoms with Crippen molar-refractivity contribution in [1.29, 1.82) is 0 Å². The van der Waals surface area contributed by atoms with Crippen LogP contribution in [0.15, 0.2) is 24.5 Å². The zero-order valence-corrected chi connectivity index (χ0v) is 17.5. The van der Waals surface area contributed by atoms with Crippen molar-refractivity contribution in [3.8, 4) is 0 Å². The number of piperazine rings is 1.